The van der Waals surface area contributed by atoms with E-state index >= 15 is 0 Å². The van der Waals surface area contributed by atoms with Crippen molar-refractivity contribution in [3.8, 4) is 0 Å². The highest BCUT2D eigenvalue weighted by molar-refractivity contribution is 5.84. The molecule has 15 nitrogen and oxygen atoms in total. The molecule has 0 radical (unpaired) electrons. The Balaban J connectivity index is 3.60. The fraction of sp³-hybridized carbons (Fsp3) is 0.792. The summed E-state index contributed by atoms with van der Waals surface area (Å²) in [7, 11) is 0. The molecular formula is C24H44N4O11. The lowest BCUT2D eigenvalue weighted by atomic mass is 10.1. The Bertz CT molecular complexity index is 710. The molecule has 0 aromatic heterocycles. The van der Waals surface area contributed by atoms with Crippen molar-refractivity contribution in [1.82, 2.24) is 21.3 Å². The summed E-state index contributed by atoms with van der Waals surface area (Å²) in [6.07, 6.45) is 1.69. The van der Waals surface area contributed by atoms with Crippen LogP contribution in [0.25, 0.3) is 0 Å². The second kappa shape index (κ2) is 25.4. The molecule has 0 rings (SSSR count). The summed E-state index contributed by atoms with van der Waals surface area (Å²) >= 11 is 0. The first-order valence-electron chi connectivity index (χ1n) is 13.0. The quantitative estimate of drug-likeness (QED) is 0.0629. The Morgan fingerprint density at radius 1 is 0.667 bits per heavy atom. The van der Waals surface area contributed by atoms with E-state index in [1.54, 1.807) is 0 Å². The molecule has 0 aromatic rings. The van der Waals surface area contributed by atoms with E-state index in [0.717, 1.165) is 6.42 Å². The number of nitrogens with one attached hydrogen (secondary N) is 4. The largest absolute Gasteiger partial charge is 0.480 e. The van der Waals surface area contributed by atoms with E-state index in [1.165, 1.54) is 0 Å². The minimum Gasteiger partial charge on any atom is -0.480 e. The van der Waals surface area contributed by atoms with Crippen LogP contribution in [0.15, 0.2) is 0 Å². The zero-order valence-electron chi connectivity index (χ0n) is 22.7. The minimum atomic E-state index is -1.18. The van der Waals surface area contributed by atoms with Gasteiger partial charge < -0.3 is 50.4 Å². The summed E-state index contributed by atoms with van der Waals surface area (Å²) < 4.78 is 20.9. The van der Waals surface area contributed by atoms with E-state index in [9.17, 15) is 29.1 Å². The van der Waals surface area contributed by atoms with Crippen LogP contribution in [0.3, 0.4) is 0 Å². The average Bonchev–Trinajstić information content (AvgIpc) is 2.91. The van der Waals surface area contributed by atoms with E-state index in [2.05, 4.69) is 21.3 Å². The Labute approximate surface area is 228 Å². The van der Waals surface area contributed by atoms with Crippen LogP contribution in [0.2, 0.25) is 0 Å². The molecule has 0 saturated carbocycles. The van der Waals surface area contributed by atoms with E-state index in [0.29, 0.717) is 6.42 Å². The normalized spacial score (nSPS) is 11.4. The first-order valence-corrected chi connectivity index (χ1v) is 13.0. The molecule has 0 heterocycles. The van der Waals surface area contributed by atoms with Crippen molar-refractivity contribution in [2.75, 3.05) is 79.1 Å². The van der Waals surface area contributed by atoms with Gasteiger partial charge in [-0.3, -0.25) is 19.2 Å². The van der Waals surface area contributed by atoms with Gasteiger partial charge in [0.1, 0.15) is 19.3 Å². The topological polar surface area (TPSA) is 211 Å². The summed E-state index contributed by atoms with van der Waals surface area (Å²) in [6.45, 7) is 3.58. The van der Waals surface area contributed by atoms with Crippen LogP contribution >= 0.6 is 0 Å². The number of amides is 4. The van der Waals surface area contributed by atoms with Gasteiger partial charge in [0.05, 0.1) is 46.2 Å². The number of carboxylic acid groups (broad SMARTS) is 1. The smallest absolute Gasteiger partial charge is 0.326 e. The van der Waals surface area contributed by atoms with E-state index in [4.69, 9.17) is 24.1 Å². The third-order valence-electron chi connectivity index (χ3n) is 4.83. The van der Waals surface area contributed by atoms with Gasteiger partial charge in [0, 0.05) is 32.5 Å². The second-order valence-electron chi connectivity index (χ2n) is 8.20. The summed E-state index contributed by atoms with van der Waals surface area (Å²) in [5.41, 5.74) is 0. The van der Waals surface area contributed by atoms with E-state index in [1.807, 2.05) is 6.92 Å². The lowest BCUT2D eigenvalue weighted by Crippen LogP contribution is -2.41. The van der Waals surface area contributed by atoms with Gasteiger partial charge >= 0.3 is 5.97 Å². The first-order chi connectivity index (χ1) is 18.8. The molecule has 0 spiro atoms. The Morgan fingerprint density at radius 2 is 1.18 bits per heavy atom. The highest BCUT2D eigenvalue weighted by Crippen LogP contribution is 2.01. The minimum absolute atomic E-state index is 0.0108. The van der Waals surface area contributed by atoms with Crippen LogP contribution in [0.5, 0.6) is 0 Å². The van der Waals surface area contributed by atoms with E-state index < -0.39 is 12.0 Å². The first kappa shape index (κ1) is 36.1. The predicted octanol–water partition coefficient (Wildman–Crippen LogP) is -2.07. The molecule has 226 valence electrons. The average molecular weight is 565 g/mol. The van der Waals surface area contributed by atoms with Crippen molar-refractivity contribution in [3.63, 3.8) is 0 Å². The summed E-state index contributed by atoms with van der Waals surface area (Å²) in [5.74, 6) is -2.51. The number of carboxylic acids is 1. The summed E-state index contributed by atoms with van der Waals surface area (Å²) in [4.78, 5) is 57.8. The zero-order valence-corrected chi connectivity index (χ0v) is 22.7. The monoisotopic (exact) mass is 564 g/mol. The SMILES string of the molecule is CCCCC(=O)NC(CCC(=O)NCCOCCOCC(=O)NCCOCCOCC(=O)NCCO)C(=O)O. The van der Waals surface area contributed by atoms with Gasteiger partial charge in [-0.1, -0.05) is 13.3 Å². The molecule has 39 heavy (non-hydrogen) atoms. The molecule has 15 heteroatoms. The molecule has 0 saturated heterocycles. The maximum atomic E-state index is 11.9. The second-order valence-corrected chi connectivity index (χ2v) is 8.20. The van der Waals surface area contributed by atoms with Crippen molar-refractivity contribution in [2.24, 2.45) is 0 Å². The Morgan fingerprint density at radius 3 is 1.69 bits per heavy atom. The predicted molar refractivity (Wildman–Crippen MR) is 138 cm³/mol. The standard InChI is InChI=1S/C24H44N4O11/c1-2-3-4-21(31)28-19(24(34)35)5-6-20(30)26-8-11-36-13-16-39-18-23(33)27-9-12-37-14-15-38-17-22(32)25-7-10-29/h19,29H,2-18H2,1H3,(H,25,32)(H,26,30)(H,27,33)(H,28,31)(H,34,35). The number of hydrogen-bond acceptors (Lipinski definition) is 10. The number of unbranched alkanes of at least 4 members (excludes halogenated alkanes) is 1. The third kappa shape index (κ3) is 24.0. The molecule has 0 aliphatic carbocycles. The fourth-order valence-corrected chi connectivity index (χ4v) is 2.82. The van der Waals surface area contributed by atoms with Crippen molar-refractivity contribution in [3.05, 3.63) is 0 Å². The molecule has 0 fully saturated rings. The lowest BCUT2D eigenvalue weighted by molar-refractivity contribution is -0.142. The Kier molecular flexibility index (Phi) is 23.6. The number of carbonyl (C=O) groups excluding carboxylic acids is 4. The van der Waals surface area contributed by atoms with Crippen molar-refractivity contribution in [1.29, 1.82) is 0 Å². The number of aliphatic hydroxyl groups is 1. The van der Waals surface area contributed by atoms with Gasteiger partial charge in [0.15, 0.2) is 0 Å². The molecule has 1 unspecified atom stereocenters. The van der Waals surface area contributed by atoms with Gasteiger partial charge in [-0.2, -0.15) is 0 Å². The zero-order chi connectivity index (χ0) is 29.1. The van der Waals surface area contributed by atoms with Gasteiger partial charge in [-0.25, -0.2) is 4.79 Å². The molecule has 0 aliphatic rings. The maximum Gasteiger partial charge on any atom is 0.326 e. The molecule has 0 aliphatic heterocycles. The molecule has 0 bridgehead atoms. The van der Waals surface area contributed by atoms with Gasteiger partial charge in [0.2, 0.25) is 23.6 Å². The Hall–Kier alpha value is -2.85. The molecule has 4 amide bonds. The lowest BCUT2D eigenvalue weighted by Gasteiger charge is -2.14. The number of rotatable bonds is 26. The molecule has 1 atom stereocenters. The van der Waals surface area contributed by atoms with Crippen LogP contribution < -0.4 is 21.3 Å². The van der Waals surface area contributed by atoms with Crippen LogP contribution in [0.1, 0.15) is 39.0 Å². The van der Waals surface area contributed by atoms with Gasteiger partial charge in [-0.15, -0.1) is 0 Å². The van der Waals surface area contributed by atoms with Crippen LogP contribution in [0.4, 0.5) is 0 Å². The van der Waals surface area contributed by atoms with Gasteiger partial charge in [0.25, 0.3) is 0 Å². The fourth-order valence-electron chi connectivity index (χ4n) is 2.82. The number of aliphatic hydroxyl groups excluding tert-OH is 1. The van der Waals surface area contributed by atoms with Crippen molar-refractivity contribution in [2.45, 2.75) is 45.1 Å². The molecule has 0 aromatic carbocycles. The van der Waals surface area contributed by atoms with Crippen LogP contribution in [-0.2, 0) is 42.9 Å². The van der Waals surface area contributed by atoms with Crippen molar-refractivity contribution < 1.29 is 53.1 Å². The maximum absolute atomic E-state index is 11.9. The highest BCUT2D eigenvalue weighted by atomic mass is 16.5. The van der Waals surface area contributed by atoms with Gasteiger partial charge in [-0.05, 0) is 12.8 Å². The highest BCUT2D eigenvalue weighted by Gasteiger charge is 2.20. The number of aliphatic carboxylic acids is 1. The molecular weight excluding hydrogens is 520 g/mol. The number of hydrogen-bond donors (Lipinski definition) is 6. The summed E-state index contributed by atoms with van der Waals surface area (Å²) in [6, 6.07) is -1.11. The number of carbonyl (C=O) groups is 5. The van der Waals surface area contributed by atoms with Crippen molar-refractivity contribution >= 4 is 29.6 Å². The van der Waals surface area contributed by atoms with Crippen LogP contribution in [-0.4, -0.2) is 125 Å². The molecule has 6 N–H and O–H groups in total. The third-order valence-corrected chi connectivity index (χ3v) is 4.83. The number of ether oxygens (including phenoxy) is 4. The summed E-state index contributed by atoms with van der Waals surface area (Å²) in [5, 5.41) is 27.9. The van der Waals surface area contributed by atoms with Crippen LogP contribution in [0, 0.1) is 0 Å². The van der Waals surface area contributed by atoms with E-state index in [-0.39, 0.29) is 122 Å².